The van der Waals surface area contributed by atoms with Gasteiger partial charge in [0.1, 0.15) is 24.3 Å². The third-order valence-electron chi connectivity index (χ3n) is 10.5. The first-order chi connectivity index (χ1) is 33.8. The van der Waals surface area contributed by atoms with Crippen LogP contribution in [0.1, 0.15) is 83.5 Å². The normalized spacial score (nSPS) is 12.1. The fraction of sp³-hybridized carbons (Fsp3) is 0.259. The molecule has 17 heteroatoms. The summed E-state index contributed by atoms with van der Waals surface area (Å²) in [5.41, 5.74) is 9.58. The summed E-state index contributed by atoms with van der Waals surface area (Å²) in [4.78, 5) is 48.0. The number of carbonyl (C=O) groups excluding carboxylic acids is 1. The monoisotopic (exact) mass is 956 g/mol. The number of carbonyl (C=O) groups is 2. The Balaban J connectivity index is 0.000000219. The van der Waals surface area contributed by atoms with Crippen LogP contribution >= 0.6 is 0 Å². The number of nitrogens with two attached hydrogens (primary N) is 1. The molecule has 0 bridgehead atoms. The Morgan fingerprint density at radius 3 is 1.51 bits per heavy atom. The van der Waals surface area contributed by atoms with Crippen LogP contribution in [0.4, 0.5) is 8.78 Å². The Bertz CT molecular complexity index is 3180. The minimum Gasteiger partial charge on any atom is -0.478 e. The molecular weight excluding hydrogens is 907 g/mol. The number of nitrogens with zero attached hydrogens (tertiary/aromatic N) is 8. The second-order valence-electron chi connectivity index (χ2n) is 15.3. The second kappa shape index (κ2) is 26.3. The number of nitrogens with one attached hydrogen (secondary N) is 1. The van der Waals surface area contributed by atoms with E-state index in [9.17, 15) is 18.4 Å². The van der Waals surface area contributed by atoms with Crippen molar-refractivity contribution >= 4 is 11.9 Å². The number of amides is 1. The van der Waals surface area contributed by atoms with Crippen molar-refractivity contribution in [3.8, 4) is 94.9 Å². The first kappa shape index (κ1) is 54.3. The van der Waals surface area contributed by atoms with Crippen LogP contribution in [0, 0.1) is 97.0 Å². The SMILES string of the molecule is C.C#CC#CC#CC#CC#CC#CC.COc1nc(C(=O)NCC2(c3ccc(F)cc3)CC2)cnc1-n1cnc(C)c1.COc1nc(C(=O)O)cnc1-n1cnc(C)c1.NCC1(c2ccc(F)cc2)CC1. The first-order valence-electron chi connectivity index (χ1n) is 21.3. The van der Waals surface area contributed by atoms with Crippen LogP contribution < -0.4 is 20.5 Å². The molecule has 360 valence electrons. The number of aryl methyl sites for hydroxylation is 2. The number of methoxy groups -OCH3 is 2. The molecule has 0 unspecified atom stereocenters. The molecule has 0 spiro atoms. The van der Waals surface area contributed by atoms with E-state index in [1.54, 1.807) is 53.2 Å². The first-order valence-corrected chi connectivity index (χ1v) is 21.3. The lowest BCUT2D eigenvalue weighted by Crippen LogP contribution is -2.33. The van der Waals surface area contributed by atoms with Gasteiger partial charge in [-0.15, -0.1) is 6.42 Å². The van der Waals surface area contributed by atoms with Crippen molar-refractivity contribution in [3.05, 3.63) is 132 Å². The van der Waals surface area contributed by atoms with Crippen molar-refractivity contribution in [2.75, 3.05) is 27.3 Å². The molecule has 1 amide bonds. The maximum atomic E-state index is 13.2. The van der Waals surface area contributed by atoms with Crippen molar-refractivity contribution in [2.24, 2.45) is 5.73 Å². The molecule has 4 heterocycles. The summed E-state index contributed by atoms with van der Waals surface area (Å²) in [6, 6.07) is 13.1. The Hall–Kier alpha value is -9.26. The van der Waals surface area contributed by atoms with Crippen LogP contribution in [0.25, 0.3) is 11.6 Å². The van der Waals surface area contributed by atoms with Crippen LogP contribution in [0.2, 0.25) is 0 Å². The molecule has 71 heavy (non-hydrogen) atoms. The summed E-state index contributed by atoms with van der Waals surface area (Å²) in [7, 11) is 2.88. The summed E-state index contributed by atoms with van der Waals surface area (Å²) >= 11 is 0. The van der Waals surface area contributed by atoms with Gasteiger partial charge < -0.3 is 25.6 Å². The van der Waals surface area contributed by atoms with Gasteiger partial charge in [-0.3, -0.25) is 13.9 Å². The summed E-state index contributed by atoms with van der Waals surface area (Å²) in [6.07, 6.45) is 18.4. The highest BCUT2D eigenvalue weighted by Gasteiger charge is 2.44. The second-order valence-corrected chi connectivity index (χ2v) is 15.3. The van der Waals surface area contributed by atoms with E-state index < -0.39 is 5.97 Å². The van der Waals surface area contributed by atoms with Gasteiger partial charge in [0.2, 0.25) is 11.6 Å². The number of terminal acetylenes is 1. The van der Waals surface area contributed by atoms with Gasteiger partial charge in [-0.25, -0.2) is 43.5 Å². The average Bonchev–Trinajstić information content (AvgIpc) is 4.27. The highest BCUT2D eigenvalue weighted by Crippen LogP contribution is 2.48. The molecule has 4 N–H and O–H groups in total. The lowest BCUT2D eigenvalue weighted by Gasteiger charge is -2.16. The maximum Gasteiger partial charge on any atom is 0.356 e. The largest absolute Gasteiger partial charge is 0.478 e. The van der Waals surface area contributed by atoms with E-state index in [4.69, 9.17) is 26.7 Å². The van der Waals surface area contributed by atoms with Crippen LogP contribution in [-0.4, -0.2) is 83.3 Å². The van der Waals surface area contributed by atoms with Gasteiger partial charge in [0.15, 0.2) is 11.4 Å². The number of ether oxygens (including phenoxy) is 2. The van der Waals surface area contributed by atoms with E-state index in [1.165, 1.54) is 56.4 Å². The molecule has 2 fully saturated rings. The van der Waals surface area contributed by atoms with Crippen LogP contribution in [0.15, 0.2) is 86.0 Å². The molecule has 2 saturated carbocycles. The number of carboxylic acid groups (broad SMARTS) is 1. The fourth-order valence-corrected chi connectivity index (χ4v) is 6.39. The third-order valence-corrected chi connectivity index (χ3v) is 10.5. The molecule has 2 aromatic carbocycles. The van der Waals surface area contributed by atoms with Gasteiger partial charge in [-0.1, -0.05) is 37.6 Å². The minimum absolute atomic E-state index is 0. The molecule has 6 aromatic rings. The number of aromatic nitrogens is 8. The van der Waals surface area contributed by atoms with Gasteiger partial charge in [-0.05, 0) is 141 Å². The number of carboxylic acids is 1. The number of imidazole rings is 2. The number of hydrogen-bond acceptors (Lipinski definition) is 11. The van der Waals surface area contributed by atoms with E-state index in [0.29, 0.717) is 24.7 Å². The van der Waals surface area contributed by atoms with Crippen molar-refractivity contribution in [3.63, 3.8) is 0 Å². The van der Waals surface area contributed by atoms with E-state index in [2.05, 4.69) is 100 Å². The van der Waals surface area contributed by atoms with Crippen molar-refractivity contribution in [2.45, 2.75) is 64.7 Å². The molecule has 2 aliphatic carbocycles. The number of halogens is 2. The molecule has 0 atom stereocenters. The topological polar surface area (TPSA) is 198 Å². The number of aromatic carboxylic acids is 1. The smallest absolute Gasteiger partial charge is 0.356 e. The van der Waals surface area contributed by atoms with Gasteiger partial charge in [-0.2, -0.15) is 0 Å². The summed E-state index contributed by atoms with van der Waals surface area (Å²) in [6.45, 7) is 6.55. The molecule has 2 aliphatic rings. The van der Waals surface area contributed by atoms with Crippen LogP contribution in [-0.2, 0) is 10.8 Å². The lowest BCUT2D eigenvalue weighted by molar-refractivity contribution is 0.0688. The molecule has 4 aromatic heterocycles. The van der Waals surface area contributed by atoms with Gasteiger partial charge in [0.25, 0.3) is 17.7 Å². The Morgan fingerprint density at radius 1 is 0.704 bits per heavy atom. The molecule has 8 rings (SSSR count). The van der Waals surface area contributed by atoms with Gasteiger partial charge in [0, 0.05) is 36.3 Å². The summed E-state index contributed by atoms with van der Waals surface area (Å²) in [5, 5.41) is 11.7. The zero-order valence-corrected chi connectivity index (χ0v) is 38.9. The number of benzene rings is 2. The van der Waals surface area contributed by atoms with Crippen molar-refractivity contribution < 1.29 is 33.0 Å². The predicted molar refractivity (Wildman–Crippen MR) is 264 cm³/mol. The van der Waals surface area contributed by atoms with E-state index in [0.717, 1.165) is 42.6 Å². The van der Waals surface area contributed by atoms with Crippen molar-refractivity contribution in [1.82, 2.24) is 44.4 Å². The number of rotatable bonds is 11. The van der Waals surface area contributed by atoms with Crippen LogP contribution in [0.5, 0.6) is 11.8 Å². The third kappa shape index (κ3) is 15.6. The van der Waals surface area contributed by atoms with E-state index >= 15 is 0 Å². The highest BCUT2D eigenvalue weighted by atomic mass is 19.1. The van der Waals surface area contributed by atoms with Gasteiger partial charge >= 0.3 is 5.97 Å². The maximum absolute atomic E-state index is 13.2. The zero-order valence-electron chi connectivity index (χ0n) is 38.9. The average molecular weight is 957 g/mol. The van der Waals surface area contributed by atoms with Crippen LogP contribution in [0.3, 0.4) is 0 Å². The molecule has 15 nitrogen and oxygen atoms in total. The number of hydrogen-bond donors (Lipinski definition) is 3. The predicted octanol–water partition coefficient (Wildman–Crippen LogP) is 6.37. The quantitative estimate of drug-likeness (QED) is 0.122. The zero-order chi connectivity index (χ0) is 50.5. The summed E-state index contributed by atoms with van der Waals surface area (Å²) < 4.78 is 39.3. The fourth-order valence-electron chi connectivity index (χ4n) is 6.39. The standard InChI is InChI=1S/C20H20FN5O2.C13H4.C10H12FN.C10H10N4O3.CH4/c1-13-10-26(12-24-13)17-19(28-2)25-16(9-22-17)18(27)23-11-20(7-8-20)14-3-5-15(21)6-4-14;1-3-5-7-9-11-13-12-10-8-6-4-2;11-9-3-1-8(2-4-9)10(7-12)5-6-10;1-6-4-14(5-12-6)8-9(17-2)13-7(3-11-8)10(15)16;/h3-6,9-10,12H,7-8,11H2,1-2H3,(H,23,27);1H,2H3;1-4H,5-7,12H2;3-5H,1-2H3,(H,15,16);1H4. The lowest BCUT2D eigenvalue weighted by atomic mass is 9.96. The van der Waals surface area contributed by atoms with E-state index in [-0.39, 0.29) is 58.9 Å². The van der Waals surface area contributed by atoms with E-state index in [1.807, 2.05) is 26.0 Å². The minimum atomic E-state index is -1.15. The van der Waals surface area contributed by atoms with Crippen molar-refractivity contribution in [1.29, 1.82) is 0 Å². The molecule has 0 radical (unpaired) electrons. The molecular formula is C54H50F2N10O5. The Kier molecular flexibility index (Phi) is 20.2. The van der Waals surface area contributed by atoms with Gasteiger partial charge in [0.05, 0.1) is 38.0 Å². The molecule has 0 aliphatic heterocycles. The highest BCUT2D eigenvalue weighted by molar-refractivity contribution is 5.92. The Morgan fingerprint density at radius 2 is 1.13 bits per heavy atom. The molecule has 0 saturated heterocycles. The Labute approximate surface area is 412 Å². The summed E-state index contributed by atoms with van der Waals surface area (Å²) in [5.74, 6) is 26.3.